The second kappa shape index (κ2) is 4.79. The summed E-state index contributed by atoms with van der Waals surface area (Å²) in [5, 5.41) is 0. The summed E-state index contributed by atoms with van der Waals surface area (Å²) in [6.45, 7) is 0.942. The van der Waals surface area contributed by atoms with Crippen molar-refractivity contribution in [3.63, 3.8) is 0 Å². The lowest BCUT2D eigenvalue weighted by atomic mass is 10.1. The van der Waals surface area contributed by atoms with Crippen molar-refractivity contribution in [2.24, 2.45) is 5.73 Å². The van der Waals surface area contributed by atoms with Crippen molar-refractivity contribution in [1.29, 1.82) is 0 Å². The van der Waals surface area contributed by atoms with E-state index in [1.165, 1.54) is 17.0 Å². The Labute approximate surface area is 98.2 Å². The van der Waals surface area contributed by atoms with Gasteiger partial charge in [0.15, 0.2) is 11.6 Å². The summed E-state index contributed by atoms with van der Waals surface area (Å²) in [6, 6.07) is 3.54. The number of benzene rings is 1. The number of amides is 1. The minimum absolute atomic E-state index is 0.0793. The van der Waals surface area contributed by atoms with E-state index in [9.17, 15) is 13.6 Å². The molecule has 1 fully saturated rings. The molecule has 1 atom stereocenters. The molecule has 1 heterocycles. The van der Waals surface area contributed by atoms with Crippen LogP contribution in [0.2, 0.25) is 0 Å². The van der Waals surface area contributed by atoms with E-state index in [4.69, 9.17) is 5.73 Å². The third-order valence-electron chi connectivity index (χ3n) is 2.93. The van der Waals surface area contributed by atoms with Crippen molar-refractivity contribution in [2.45, 2.75) is 18.9 Å². The maximum absolute atomic E-state index is 13.5. The van der Waals surface area contributed by atoms with Crippen LogP contribution in [-0.4, -0.2) is 29.9 Å². The van der Waals surface area contributed by atoms with Crippen molar-refractivity contribution in [3.05, 3.63) is 35.4 Å². The van der Waals surface area contributed by atoms with Crippen LogP contribution in [0.1, 0.15) is 23.2 Å². The quantitative estimate of drug-likeness (QED) is 0.809. The van der Waals surface area contributed by atoms with E-state index >= 15 is 0 Å². The second-order valence-corrected chi connectivity index (χ2v) is 4.25. The maximum atomic E-state index is 13.5. The highest BCUT2D eigenvalue weighted by Gasteiger charge is 2.25. The fourth-order valence-corrected chi connectivity index (χ4v) is 2.03. The maximum Gasteiger partial charge on any atom is 0.256 e. The summed E-state index contributed by atoms with van der Waals surface area (Å²) >= 11 is 0. The van der Waals surface area contributed by atoms with E-state index < -0.39 is 17.5 Å². The van der Waals surface area contributed by atoms with Crippen LogP contribution in [0.15, 0.2) is 18.2 Å². The van der Waals surface area contributed by atoms with Gasteiger partial charge in [0.05, 0.1) is 5.56 Å². The molecular formula is C12H14F2N2O. The van der Waals surface area contributed by atoms with Crippen molar-refractivity contribution in [1.82, 2.24) is 4.90 Å². The molecule has 0 aliphatic carbocycles. The lowest BCUT2D eigenvalue weighted by molar-refractivity contribution is 0.0703. The van der Waals surface area contributed by atoms with E-state index in [0.717, 1.165) is 18.9 Å². The summed E-state index contributed by atoms with van der Waals surface area (Å²) in [7, 11) is 0. The molecule has 92 valence electrons. The minimum atomic E-state index is -1.09. The second-order valence-electron chi connectivity index (χ2n) is 4.25. The minimum Gasteiger partial charge on any atom is -0.337 e. The molecule has 5 heteroatoms. The summed E-state index contributed by atoms with van der Waals surface area (Å²) in [5.41, 5.74) is 5.52. The van der Waals surface area contributed by atoms with Gasteiger partial charge in [-0.3, -0.25) is 4.79 Å². The van der Waals surface area contributed by atoms with Gasteiger partial charge in [-0.25, -0.2) is 8.78 Å². The van der Waals surface area contributed by atoms with Gasteiger partial charge >= 0.3 is 0 Å². The molecule has 1 aromatic carbocycles. The molecule has 1 aliphatic heterocycles. The van der Waals surface area contributed by atoms with Crippen LogP contribution in [-0.2, 0) is 0 Å². The predicted molar refractivity (Wildman–Crippen MR) is 59.5 cm³/mol. The molecule has 0 spiro atoms. The lowest BCUT2D eigenvalue weighted by Crippen LogP contribution is -2.45. The van der Waals surface area contributed by atoms with Gasteiger partial charge in [-0.2, -0.15) is 0 Å². The molecule has 1 aliphatic rings. The van der Waals surface area contributed by atoms with Crippen LogP contribution in [0.4, 0.5) is 8.78 Å². The zero-order chi connectivity index (χ0) is 12.4. The number of piperidine rings is 1. The van der Waals surface area contributed by atoms with E-state index in [0.29, 0.717) is 13.1 Å². The van der Waals surface area contributed by atoms with Gasteiger partial charge in [0, 0.05) is 19.1 Å². The number of nitrogens with two attached hydrogens (primary N) is 1. The molecule has 0 bridgehead atoms. The summed E-state index contributed by atoms with van der Waals surface area (Å²) in [6.07, 6.45) is 1.65. The molecular weight excluding hydrogens is 226 g/mol. The van der Waals surface area contributed by atoms with Gasteiger partial charge in [-0.05, 0) is 25.0 Å². The Morgan fingerprint density at radius 3 is 2.88 bits per heavy atom. The number of hydrogen-bond donors (Lipinski definition) is 1. The zero-order valence-electron chi connectivity index (χ0n) is 9.33. The molecule has 2 N–H and O–H groups in total. The first kappa shape index (κ1) is 12.0. The Kier molecular flexibility index (Phi) is 3.38. The SMILES string of the molecule is N[C@H]1CCCN(C(=O)c2cccc(F)c2F)C1. The molecule has 0 aromatic heterocycles. The van der Waals surface area contributed by atoms with E-state index in [1.807, 2.05) is 0 Å². The molecule has 0 radical (unpaired) electrons. The Morgan fingerprint density at radius 2 is 2.18 bits per heavy atom. The molecule has 0 saturated carbocycles. The van der Waals surface area contributed by atoms with Gasteiger partial charge in [-0.15, -0.1) is 0 Å². The Hall–Kier alpha value is -1.49. The van der Waals surface area contributed by atoms with Crippen molar-refractivity contribution >= 4 is 5.91 Å². The lowest BCUT2D eigenvalue weighted by Gasteiger charge is -2.30. The first-order valence-electron chi connectivity index (χ1n) is 5.58. The van der Waals surface area contributed by atoms with E-state index in [2.05, 4.69) is 0 Å². The van der Waals surface area contributed by atoms with Gasteiger partial charge in [0.25, 0.3) is 5.91 Å². The molecule has 2 rings (SSSR count). The fraction of sp³-hybridized carbons (Fsp3) is 0.417. The topological polar surface area (TPSA) is 46.3 Å². The number of hydrogen-bond acceptors (Lipinski definition) is 2. The van der Waals surface area contributed by atoms with Crippen molar-refractivity contribution in [3.8, 4) is 0 Å². The molecule has 17 heavy (non-hydrogen) atoms. The Morgan fingerprint density at radius 1 is 1.41 bits per heavy atom. The van der Waals surface area contributed by atoms with Gasteiger partial charge < -0.3 is 10.6 Å². The number of halogens is 2. The predicted octanol–water partition coefficient (Wildman–Crippen LogP) is 1.53. The third kappa shape index (κ3) is 2.44. The van der Waals surface area contributed by atoms with Gasteiger partial charge in [0.2, 0.25) is 0 Å². The number of likely N-dealkylation sites (tertiary alicyclic amines) is 1. The monoisotopic (exact) mass is 240 g/mol. The molecule has 0 unspecified atom stereocenters. The number of carbonyl (C=O) groups is 1. The molecule has 1 amide bonds. The van der Waals surface area contributed by atoms with E-state index in [1.54, 1.807) is 0 Å². The Bertz CT molecular complexity index is 437. The summed E-state index contributed by atoms with van der Waals surface area (Å²) < 4.78 is 26.5. The van der Waals surface area contributed by atoms with Crippen LogP contribution in [0.5, 0.6) is 0 Å². The Balaban J connectivity index is 2.22. The molecule has 1 saturated heterocycles. The highest BCUT2D eigenvalue weighted by atomic mass is 19.2. The summed E-state index contributed by atoms with van der Waals surface area (Å²) in [5.74, 6) is -2.58. The number of carbonyl (C=O) groups excluding carboxylic acids is 1. The number of nitrogens with zero attached hydrogens (tertiary/aromatic N) is 1. The fourth-order valence-electron chi connectivity index (χ4n) is 2.03. The van der Waals surface area contributed by atoms with E-state index in [-0.39, 0.29) is 11.6 Å². The van der Waals surface area contributed by atoms with Crippen molar-refractivity contribution < 1.29 is 13.6 Å². The van der Waals surface area contributed by atoms with Crippen LogP contribution in [0.25, 0.3) is 0 Å². The van der Waals surface area contributed by atoms with Gasteiger partial charge in [0.1, 0.15) is 0 Å². The zero-order valence-corrected chi connectivity index (χ0v) is 9.33. The number of rotatable bonds is 1. The van der Waals surface area contributed by atoms with Gasteiger partial charge in [-0.1, -0.05) is 6.07 Å². The van der Waals surface area contributed by atoms with Crippen LogP contribution < -0.4 is 5.73 Å². The van der Waals surface area contributed by atoms with Crippen LogP contribution in [0.3, 0.4) is 0 Å². The molecule has 1 aromatic rings. The smallest absolute Gasteiger partial charge is 0.256 e. The average molecular weight is 240 g/mol. The average Bonchev–Trinajstić information content (AvgIpc) is 2.32. The van der Waals surface area contributed by atoms with Crippen molar-refractivity contribution in [2.75, 3.05) is 13.1 Å². The summed E-state index contributed by atoms with van der Waals surface area (Å²) in [4.78, 5) is 13.5. The first-order chi connectivity index (χ1) is 8.09. The third-order valence-corrected chi connectivity index (χ3v) is 2.93. The first-order valence-corrected chi connectivity index (χ1v) is 5.58. The molecule has 3 nitrogen and oxygen atoms in total. The highest BCUT2D eigenvalue weighted by Crippen LogP contribution is 2.16. The largest absolute Gasteiger partial charge is 0.337 e. The van der Waals surface area contributed by atoms with Crippen LogP contribution >= 0.6 is 0 Å². The highest BCUT2D eigenvalue weighted by molar-refractivity contribution is 5.94. The standard InChI is InChI=1S/C12H14F2N2O/c13-10-5-1-4-9(11(10)14)12(17)16-6-2-3-8(15)7-16/h1,4-5,8H,2-3,6-7,15H2/t8-/m0/s1. The normalized spacial score (nSPS) is 20.4. The van der Waals surface area contributed by atoms with Crippen LogP contribution in [0, 0.1) is 11.6 Å².